The average molecular weight is 308 g/mol. The van der Waals surface area contributed by atoms with Gasteiger partial charge in [-0.1, -0.05) is 12.1 Å². The summed E-state index contributed by atoms with van der Waals surface area (Å²) in [6.45, 7) is 1.41. The van der Waals surface area contributed by atoms with Crippen molar-refractivity contribution >= 4 is 7.60 Å². The molecule has 0 unspecified atom stereocenters. The Morgan fingerprint density at radius 3 is 1.52 bits per heavy atom. The number of benzene rings is 2. The van der Waals surface area contributed by atoms with E-state index in [0.717, 1.165) is 0 Å². The molecule has 0 spiro atoms. The highest BCUT2D eigenvalue weighted by molar-refractivity contribution is 7.53. The van der Waals surface area contributed by atoms with Gasteiger partial charge in [-0.2, -0.15) is 0 Å². The Balaban J connectivity index is 2.12. The van der Waals surface area contributed by atoms with Crippen LogP contribution in [0.3, 0.4) is 0 Å². The van der Waals surface area contributed by atoms with E-state index >= 15 is 0 Å². The van der Waals surface area contributed by atoms with E-state index < -0.39 is 7.60 Å². The van der Waals surface area contributed by atoms with Gasteiger partial charge < -0.3 is 18.5 Å². The molecule has 0 radical (unpaired) electrons. The summed E-state index contributed by atoms with van der Waals surface area (Å²) in [6, 6.07) is 13.7. The van der Waals surface area contributed by atoms with Gasteiger partial charge in [-0.05, 0) is 24.3 Å². The Morgan fingerprint density at radius 1 is 0.762 bits per heavy atom. The largest absolute Gasteiger partial charge is 0.497 e. The summed E-state index contributed by atoms with van der Waals surface area (Å²) >= 11 is 0. The van der Waals surface area contributed by atoms with Gasteiger partial charge >= 0.3 is 7.60 Å². The molecule has 6 heteroatoms. The Morgan fingerprint density at radius 2 is 1.14 bits per heavy atom. The summed E-state index contributed by atoms with van der Waals surface area (Å²) < 4.78 is 33.5. The Bertz CT molecular complexity index is 603. The fraction of sp³-hybridized carbons (Fsp3) is 0.200. The zero-order chi connectivity index (χ0) is 15.3. The lowest BCUT2D eigenvalue weighted by molar-refractivity contribution is 0.384. The molecule has 0 bridgehead atoms. The summed E-state index contributed by atoms with van der Waals surface area (Å²) in [5, 5.41) is 0. The number of hydrogen-bond acceptors (Lipinski definition) is 5. The molecule has 112 valence electrons. The highest BCUT2D eigenvalue weighted by atomic mass is 31.2. The average Bonchev–Trinajstić information content (AvgIpc) is 2.46. The lowest BCUT2D eigenvalue weighted by Gasteiger charge is -2.17. The molecular formula is C15H17O5P. The SMILES string of the molecule is COc1cccc(OP(C)(=O)Oc2cccc(OC)c2)c1. The van der Waals surface area contributed by atoms with E-state index in [-0.39, 0.29) is 0 Å². The molecule has 2 rings (SSSR count). The van der Waals surface area contributed by atoms with Gasteiger partial charge in [0, 0.05) is 12.1 Å². The summed E-state index contributed by atoms with van der Waals surface area (Å²) in [7, 11) is -0.202. The van der Waals surface area contributed by atoms with Gasteiger partial charge in [0.15, 0.2) is 0 Å². The molecule has 2 aromatic rings. The van der Waals surface area contributed by atoms with Gasteiger partial charge in [0.25, 0.3) is 0 Å². The van der Waals surface area contributed by atoms with E-state index in [1.807, 2.05) is 0 Å². The molecule has 0 aliphatic rings. The monoisotopic (exact) mass is 308 g/mol. The van der Waals surface area contributed by atoms with Crippen LogP contribution in [0, 0.1) is 0 Å². The minimum absolute atomic E-state index is 0.420. The van der Waals surface area contributed by atoms with Crippen molar-refractivity contribution in [3.05, 3.63) is 48.5 Å². The van der Waals surface area contributed by atoms with E-state index in [4.69, 9.17) is 18.5 Å². The molecule has 0 aromatic heterocycles. The number of ether oxygens (including phenoxy) is 2. The third-order valence-corrected chi connectivity index (χ3v) is 3.71. The number of methoxy groups -OCH3 is 2. The van der Waals surface area contributed by atoms with Gasteiger partial charge in [0.2, 0.25) is 0 Å². The van der Waals surface area contributed by atoms with Crippen molar-refractivity contribution in [3.8, 4) is 23.0 Å². The molecule has 0 saturated heterocycles. The Hall–Kier alpha value is -2.13. The van der Waals surface area contributed by atoms with Crippen LogP contribution in [0.4, 0.5) is 0 Å². The van der Waals surface area contributed by atoms with E-state index in [1.54, 1.807) is 62.8 Å². The topological polar surface area (TPSA) is 54.0 Å². The second-order valence-electron chi connectivity index (χ2n) is 4.31. The maximum atomic E-state index is 12.4. The Labute approximate surface area is 124 Å². The second kappa shape index (κ2) is 6.55. The maximum absolute atomic E-state index is 12.4. The molecule has 0 N–H and O–H groups in total. The third-order valence-electron chi connectivity index (χ3n) is 2.62. The van der Waals surface area contributed by atoms with Crippen LogP contribution in [0.25, 0.3) is 0 Å². The van der Waals surface area contributed by atoms with Crippen molar-refractivity contribution in [1.29, 1.82) is 0 Å². The van der Waals surface area contributed by atoms with Gasteiger partial charge in [-0.3, -0.25) is 0 Å². The van der Waals surface area contributed by atoms with Crippen LogP contribution >= 0.6 is 7.60 Å². The van der Waals surface area contributed by atoms with Crippen LogP contribution < -0.4 is 18.5 Å². The number of rotatable bonds is 6. The summed E-state index contributed by atoms with van der Waals surface area (Å²) in [6.07, 6.45) is 0. The molecule has 5 nitrogen and oxygen atoms in total. The lowest BCUT2D eigenvalue weighted by Crippen LogP contribution is -1.99. The smallest absolute Gasteiger partial charge is 0.427 e. The van der Waals surface area contributed by atoms with Gasteiger partial charge in [0.05, 0.1) is 20.9 Å². The van der Waals surface area contributed by atoms with Gasteiger partial charge in [-0.15, -0.1) is 0 Å². The van der Waals surface area contributed by atoms with Crippen LogP contribution in [0.5, 0.6) is 23.0 Å². The fourth-order valence-corrected chi connectivity index (χ4v) is 2.75. The van der Waals surface area contributed by atoms with Crippen LogP contribution in [0.1, 0.15) is 0 Å². The first-order chi connectivity index (χ1) is 10.0. The summed E-state index contributed by atoms with van der Waals surface area (Å²) in [5.74, 6) is 2.08. The van der Waals surface area contributed by atoms with Crippen LogP contribution in [0.15, 0.2) is 48.5 Å². The highest BCUT2D eigenvalue weighted by Gasteiger charge is 2.21. The predicted molar refractivity (Wildman–Crippen MR) is 80.8 cm³/mol. The number of hydrogen-bond donors (Lipinski definition) is 0. The first-order valence-electron chi connectivity index (χ1n) is 6.27. The molecule has 0 saturated carbocycles. The maximum Gasteiger partial charge on any atom is 0.427 e. The molecule has 2 aromatic carbocycles. The van der Waals surface area contributed by atoms with Crippen molar-refractivity contribution in [3.63, 3.8) is 0 Å². The van der Waals surface area contributed by atoms with Crippen LogP contribution in [-0.2, 0) is 4.57 Å². The predicted octanol–water partition coefficient (Wildman–Crippen LogP) is 3.98. The van der Waals surface area contributed by atoms with E-state index in [1.165, 1.54) is 6.66 Å². The summed E-state index contributed by atoms with van der Waals surface area (Å²) in [4.78, 5) is 0. The van der Waals surface area contributed by atoms with Crippen molar-refractivity contribution in [2.45, 2.75) is 0 Å². The Kier molecular flexibility index (Phi) is 4.76. The van der Waals surface area contributed by atoms with Crippen LogP contribution in [0.2, 0.25) is 0 Å². The van der Waals surface area contributed by atoms with Crippen molar-refractivity contribution in [2.24, 2.45) is 0 Å². The zero-order valence-electron chi connectivity index (χ0n) is 12.1. The minimum Gasteiger partial charge on any atom is -0.497 e. The normalized spacial score (nSPS) is 10.8. The third kappa shape index (κ3) is 4.43. The molecule has 0 amide bonds. The molecule has 0 atom stereocenters. The second-order valence-corrected chi connectivity index (χ2v) is 6.22. The van der Waals surface area contributed by atoms with Gasteiger partial charge in [-0.25, -0.2) is 4.57 Å². The zero-order valence-corrected chi connectivity index (χ0v) is 13.0. The van der Waals surface area contributed by atoms with Crippen molar-refractivity contribution < 1.29 is 23.1 Å². The first kappa shape index (κ1) is 15.3. The highest BCUT2D eigenvalue weighted by Crippen LogP contribution is 2.45. The fourth-order valence-electron chi connectivity index (χ4n) is 1.72. The molecule has 21 heavy (non-hydrogen) atoms. The molecule has 0 heterocycles. The van der Waals surface area contributed by atoms with Crippen molar-refractivity contribution in [2.75, 3.05) is 20.9 Å². The van der Waals surface area contributed by atoms with E-state index in [0.29, 0.717) is 23.0 Å². The lowest BCUT2D eigenvalue weighted by atomic mass is 10.3. The molecular weight excluding hydrogens is 291 g/mol. The molecule has 0 aliphatic heterocycles. The van der Waals surface area contributed by atoms with E-state index in [9.17, 15) is 4.57 Å². The quantitative estimate of drug-likeness (QED) is 0.755. The molecule has 0 fully saturated rings. The minimum atomic E-state index is -3.31. The standard InChI is InChI=1S/C15H17O5P/c1-17-12-6-4-8-14(10-12)19-21(3,16)20-15-9-5-7-13(11-15)18-2/h4-11H,1-3H3. The van der Waals surface area contributed by atoms with Crippen LogP contribution in [-0.4, -0.2) is 20.9 Å². The van der Waals surface area contributed by atoms with Crippen molar-refractivity contribution in [1.82, 2.24) is 0 Å². The van der Waals surface area contributed by atoms with Gasteiger partial charge in [0.1, 0.15) is 23.0 Å². The summed E-state index contributed by atoms with van der Waals surface area (Å²) in [5.41, 5.74) is 0. The first-order valence-corrected chi connectivity index (χ1v) is 8.26. The molecule has 0 aliphatic carbocycles. The van der Waals surface area contributed by atoms with E-state index in [2.05, 4.69) is 0 Å².